The third-order valence-corrected chi connectivity index (χ3v) is 3.76. The third kappa shape index (κ3) is 2.56. The first kappa shape index (κ1) is 13.2. The lowest BCUT2D eigenvalue weighted by Crippen LogP contribution is -2.32. The van der Waals surface area contributed by atoms with Crippen LogP contribution < -0.4 is 4.74 Å². The minimum Gasteiger partial charge on any atom is -0.487 e. The van der Waals surface area contributed by atoms with E-state index < -0.39 is 6.10 Å². The van der Waals surface area contributed by atoms with Crippen LogP contribution in [0.2, 0.25) is 0 Å². The predicted octanol–water partition coefficient (Wildman–Crippen LogP) is 2.20. The van der Waals surface area contributed by atoms with Crippen molar-refractivity contribution in [1.29, 1.82) is 0 Å². The molecule has 2 atom stereocenters. The molecule has 20 heavy (non-hydrogen) atoms. The minimum atomic E-state index is -0.527. The molecule has 4 nitrogen and oxygen atoms in total. The van der Waals surface area contributed by atoms with Crippen LogP contribution in [0.4, 0.5) is 0 Å². The van der Waals surface area contributed by atoms with Crippen molar-refractivity contribution in [2.24, 2.45) is 0 Å². The second-order valence-electron chi connectivity index (χ2n) is 5.28. The van der Waals surface area contributed by atoms with Gasteiger partial charge in [-0.15, -0.1) is 0 Å². The highest BCUT2D eigenvalue weighted by molar-refractivity contribution is 5.37. The summed E-state index contributed by atoms with van der Waals surface area (Å²) in [7, 11) is 0. The van der Waals surface area contributed by atoms with E-state index in [0.717, 1.165) is 31.0 Å². The van der Waals surface area contributed by atoms with Crippen LogP contribution in [-0.2, 0) is 19.4 Å². The summed E-state index contributed by atoms with van der Waals surface area (Å²) in [4.78, 5) is 4.34. The zero-order chi connectivity index (χ0) is 13.9. The molecule has 1 aliphatic heterocycles. The number of imidazole rings is 1. The zero-order valence-electron chi connectivity index (χ0n) is 11.7. The Hall–Kier alpha value is -1.81. The van der Waals surface area contributed by atoms with E-state index in [-0.39, 0.29) is 6.10 Å². The van der Waals surface area contributed by atoms with Crippen molar-refractivity contribution in [3.8, 4) is 5.75 Å². The average Bonchev–Trinajstić information content (AvgIpc) is 3.06. The number of aryl methyl sites for hydroxylation is 1. The Morgan fingerprint density at radius 2 is 2.30 bits per heavy atom. The first-order valence-electron chi connectivity index (χ1n) is 7.20. The number of aliphatic hydroxyl groups is 1. The van der Waals surface area contributed by atoms with Crippen LogP contribution in [0, 0.1) is 0 Å². The molecule has 106 valence electrons. The van der Waals surface area contributed by atoms with Crippen molar-refractivity contribution in [3.05, 3.63) is 48.0 Å². The fourth-order valence-corrected chi connectivity index (χ4v) is 2.72. The van der Waals surface area contributed by atoms with Crippen LogP contribution in [0.3, 0.4) is 0 Å². The van der Waals surface area contributed by atoms with Gasteiger partial charge in [0.15, 0.2) is 0 Å². The highest BCUT2D eigenvalue weighted by atomic mass is 16.5. The number of nitrogens with zero attached hydrogens (tertiary/aromatic N) is 2. The smallest absolute Gasteiger partial charge is 0.129 e. The van der Waals surface area contributed by atoms with Gasteiger partial charge in [0, 0.05) is 31.8 Å². The Balaban J connectivity index is 1.66. The maximum absolute atomic E-state index is 10.4. The van der Waals surface area contributed by atoms with Crippen molar-refractivity contribution < 1.29 is 9.84 Å². The first-order valence-corrected chi connectivity index (χ1v) is 7.20. The second kappa shape index (κ2) is 5.67. The second-order valence-corrected chi connectivity index (χ2v) is 5.28. The number of para-hydroxylation sites is 1. The van der Waals surface area contributed by atoms with E-state index in [0.29, 0.717) is 6.42 Å². The Labute approximate surface area is 119 Å². The largest absolute Gasteiger partial charge is 0.487 e. The summed E-state index contributed by atoms with van der Waals surface area (Å²) in [6.07, 6.45) is 5.43. The molecule has 0 radical (unpaired) electrons. The van der Waals surface area contributed by atoms with E-state index in [1.54, 1.807) is 6.20 Å². The molecule has 4 heteroatoms. The van der Waals surface area contributed by atoms with E-state index in [1.807, 2.05) is 24.4 Å². The topological polar surface area (TPSA) is 47.3 Å². The summed E-state index contributed by atoms with van der Waals surface area (Å²) >= 11 is 0. The van der Waals surface area contributed by atoms with Crippen molar-refractivity contribution in [2.45, 2.75) is 44.9 Å². The zero-order valence-corrected chi connectivity index (χ0v) is 11.7. The predicted molar refractivity (Wildman–Crippen MR) is 76.8 cm³/mol. The molecule has 0 spiro atoms. The molecule has 3 rings (SSSR count). The number of rotatable bonds is 5. The standard InChI is InChI=1S/C16H20N2O2/c1-2-8-18-9-7-17-16(18)11-13(19)15-10-12-5-3-4-6-14(12)20-15/h3-7,9,13,15,19H,2,8,10-11H2,1H3. The normalized spacial score (nSPS) is 18.6. The SMILES string of the molecule is CCCn1ccnc1CC(O)C1Cc2ccccc2O1. The lowest BCUT2D eigenvalue weighted by atomic mass is 10.0. The molecule has 1 N–H and O–H groups in total. The van der Waals surface area contributed by atoms with Gasteiger partial charge in [0.25, 0.3) is 0 Å². The van der Waals surface area contributed by atoms with E-state index >= 15 is 0 Å². The number of benzene rings is 1. The summed E-state index contributed by atoms with van der Waals surface area (Å²) in [5.41, 5.74) is 1.17. The Morgan fingerprint density at radius 3 is 3.10 bits per heavy atom. The molecule has 0 bridgehead atoms. The molecule has 1 aromatic carbocycles. The van der Waals surface area contributed by atoms with Crippen molar-refractivity contribution in [2.75, 3.05) is 0 Å². The lowest BCUT2D eigenvalue weighted by molar-refractivity contribution is 0.0483. The van der Waals surface area contributed by atoms with Gasteiger partial charge in [-0.2, -0.15) is 0 Å². The molecule has 1 aliphatic rings. The summed E-state index contributed by atoms with van der Waals surface area (Å²) < 4.78 is 7.93. The number of fused-ring (bicyclic) bond motifs is 1. The van der Waals surface area contributed by atoms with E-state index in [2.05, 4.69) is 22.5 Å². The van der Waals surface area contributed by atoms with Crippen LogP contribution in [0.15, 0.2) is 36.7 Å². The Bertz CT molecular complexity index is 554. The molecule has 2 heterocycles. The van der Waals surface area contributed by atoms with E-state index in [1.165, 1.54) is 5.56 Å². The molecule has 1 aromatic heterocycles. The summed E-state index contributed by atoms with van der Waals surface area (Å²) in [5, 5.41) is 10.4. The number of aliphatic hydroxyl groups excluding tert-OH is 1. The van der Waals surface area contributed by atoms with Gasteiger partial charge in [-0.05, 0) is 18.1 Å². The Morgan fingerprint density at radius 1 is 1.45 bits per heavy atom. The van der Waals surface area contributed by atoms with E-state index in [4.69, 9.17) is 4.74 Å². The van der Waals surface area contributed by atoms with Crippen molar-refractivity contribution in [1.82, 2.24) is 9.55 Å². The van der Waals surface area contributed by atoms with Gasteiger partial charge in [-0.1, -0.05) is 25.1 Å². The van der Waals surface area contributed by atoms with Crippen LogP contribution >= 0.6 is 0 Å². The van der Waals surface area contributed by atoms with Crippen molar-refractivity contribution in [3.63, 3.8) is 0 Å². The van der Waals surface area contributed by atoms with Crippen LogP contribution in [-0.4, -0.2) is 26.9 Å². The number of hydrogen-bond donors (Lipinski definition) is 1. The average molecular weight is 272 g/mol. The number of hydrogen-bond acceptors (Lipinski definition) is 3. The molecule has 0 aliphatic carbocycles. The van der Waals surface area contributed by atoms with Crippen molar-refractivity contribution >= 4 is 0 Å². The lowest BCUT2D eigenvalue weighted by Gasteiger charge is -2.18. The van der Waals surface area contributed by atoms with Crippen LogP contribution in [0.5, 0.6) is 5.75 Å². The molecular formula is C16H20N2O2. The minimum absolute atomic E-state index is 0.167. The van der Waals surface area contributed by atoms with Gasteiger partial charge in [0.05, 0.1) is 6.10 Å². The van der Waals surface area contributed by atoms with Gasteiger partial charge in [0.1, 0.15) is 17.7 Å². The molecule has 0 fully saturated rings. The maximum atomic E-state index is 10.4. The summed E-state index contributed by atoms with van der Waals surface area (Å²) in [6.45, 7) is 3.07. The quantitative estimate of drug-likeness (QED) is 0.907. The van der Waals surface area contributed by atoms with Crippen LogP contribution in [0.1, 0.15) is 24.7 Å². The molecular weight excluding hydrogens is 252 g/mol. The van der Waals surface area contributed by atoms with Gasteiger partial charge >= 0.3 is 0 Å². The highest BCUT2D eigenvalue weighted by Gasteiger charge is 2.29. The van der Waals surface area contributed by atoms with Crippen LogP contribution in [0.25, 0.3) is 0 Å². The molecule has 2 unspecified atom stereocenters. The molecule has 2 aromatic rings. The monoisotopic (exact) mass is 272 g/mol. The molecule has 0 saturated heterocycles. The van der Waals surface area contributed by atoms with Gasteiger partial charge in [-0.25, -0.2) is 4.98 Å². The highest BCUT2D eigenvalue weighted by Crippen LogP contribution is 2.30. The van der Waals surface area contributed by atoms with Gasteiger partial charge in [0.2, 0.25) is 0 Å². The molecule has 0 saturated carbocycles. The Kier molecular flexibility index (Phi) is 3.74. The number of aromatic nitrogens is 2. The fraction of sp³-hybridized carbons (Fsp3) is 0.438. The van der Waals surface area contributed by atoms with E-state index in [9.17, 15) is 5.11 Å². The fourth-order valence-electron chi connectivity index (χ4n) is 2.72. The van der Waals surface area contributed by atoms with Gasteiger partial charge in [-0.3, -0.25) is 0 Å². The maximum Gasteiger partial charge on any atom is 0.129 e. The number of ether oxygens (including phenoxy) is 1. The third-order valence-electron chi connectivity index (χ3n) is 3.76. The summed E-state index contributed by atoms with van der Waals surface area (Å²) in [5.74, 6) is 1.83. The first-order chi connectivity index (χ1) is 9.78. The van der Waals surface area contributed by atoms with Gasteiger partial charge < -0.3 is 14.4 Å². The summed E-state index contributed by atoms with van der Waals surface area (Å²) in [6, 6.07) is 7.98. The molecule has 0 amide bonds.